The number of H-pyrrole nitrogens is 1. The van der Waals surface area contributed by atoms with Crippen LogP contribution in [0.3, 0.4) is 0 Å². The van der Waals surface area contributed by atoms with Crippen molar-refractivity contribution in [2.75, 3.05) is 30.0 Å². The number of anilines is 2. The smallest absolute Gasteiger partial charge is 0.377 e. The van der Waals surface area contributed by atoms with E-state index in [2.05, 4.69) is 15.3 Å². The van der Waals surface area contributed by atoms with Gasteiger partial charge in [-0.05, 0) is 29.3 Å². The molecular weight excluding hydrogens is 365 g/mol. The van der Waals surface area contributed by atoms with Crippen LogP contribution < -0.4 is 15.8 Å². The molecule has 0 aromatic carbocycles. The summed E-state index contributed by atoms with van der Waals surface area (Å²) in [7, 11) is 0. The number of pyridine rings is 2. The lowest BCUT2D eigenvalue weighted by molar-refractivity contribution is -0.167. The molecule has 1 amide bonds. The third-order valence-electron chi connectivity index (χ3n) is 4.04. The zero-order valence-electron chi connectivity index (χ0n) is 14.3. The number of hydrogen-bond acceptors (Lipinski definition) is 5. The van der Waals surface area contributed by atoms with Gasteiger partial charge in [-0.2, -0.15) is 13.2 Å². The summed E-state index contributed by atoms with van der Waals surface area (Å²) in [6.45, 7) is 0.949. The first-order valence-electron chi connectivity index (χ1n) is 8.13. The first-order chi connectivity index (χ1) is 12.7. The van der Waals surface area contributed by atoms with Crippen LogP contribution in [0.25, 0.3) is 11.1 Å². The highest BCUT2D eigenvalue weighted by Crippen LogP contribution is 2.31. The lowest BCUT2D eigenvalue weighted by Crippen LogP contribution is -2.54. The molecule has 1 atom stereocenters. The van der Waals surface area contributed by atoms with Crippen LogP contribution in [-0.4, -0.2) is 47.9 Å². The van der Waals surface area contributed by atoms with Crippen molar-refractivity contribution < 1.29 is 22.7 Å². The Labute approximate surface area is 152 Å². The number of aromatic nitrogens is 2. The number of halogens is 3. The lowest BCUT2D eigenvalue weighted by Gasteiger charge is -2.37. The minimum absolute atomic E-state index is 0.00292. The third-order valence-corrected chi connectivity index (χ3v) is 4.04. The zero-order chi connectivity index (χ0) is 19.6. The molecule has 3 rings (SSSR count). The van der Waals surface area contributed by atoms with Gasteiger partial charge in [-0.1, -0.05) is 0 Å². The van der Waals surface area contributed by atoms with E-state index >= 15 is 0 Å². The largest absolute Gasteiger partial charge is 0.411 e. The molecule has 0 radical (unpaired) electrons. The lowest BCUT2D eigenvalue weighted by atomic mass is 10.1. The van der Waals surface area contributed by atoms with Gasteiger partial charge in [0.1, 0.15) is 17.7 Å². The van der Waals surface area contributed by atoms with Gasteiger partial charge in [-0.15, -0.1) is 0 Å². The molecule has 0 bridgehead atoms. The predicted molar refractivity (Wildman–Crippen MR) is 92.6 cm³/mol. The fraction of sp³-hybridized carbons (Fsp3) is 0.353. The SMILES string of the molecule is CC(=O)Nc1cc(-c2cc(N3CCOCC3C(F)(F)F)[nH]c(=O)c2)ccn1. The van der Waals surface area contributed by atoms with E-state index in [-0.39, 0.29) is 30.7 Å². The van der Waals surface area contributed by atoms with Gasteiger partial charge in [0.05, 0.1) is 13.2 Å². The Morgan fingerprint density at radius 2 is 2.11 bits per heavy atom. The summed E-state index contributed by atoms with van der Waals surface area (Å²) < 4.78 is 44.9. The van der Waals surface area contributed by atoms with E-state index in [1.54, 1.807) is 12.1 Å². The molecule has 1 aliphatic heterocycles. The van der Waals surface area contributed by atoms with Crippen LogP contribution in [0, 0.1) is 0 Å². The number of aromatic amines is 1. The first kappa shape index (κ1) is 18.9. The highest BCUT2D eigenvalue weighted by atomic mass is 19.4. The number of morpholine rings is 1. The van der Waals surface area contributed by atoms with Crippen molar-refractivity contribution in [1.82, 2.24) is 9.97 Å². The summed E-state index contributed by atoms with van der Waals surface area (Å²) in [4.78, 5) is 30.8. The molecule has 0 aliphatic carbocycles. The van der Waals surface area contributed by atoms with E-state index in [1.165, 1.54) is 25.3 Å². The molecule has 2 N–H and O–H groups in total. The Hall–Kier alpha value is -2.88. The van der Waals surface area contributed by atoms with Gasteiger partial charge < -0.3 is 19.9 Å². The Morgan fingerprint density at radius 3 is 2.81 bits per heavy atom. The van der Waals surface area contributed by atoms with Crippen LogP contribution in [0.15, 0.2) is 35.3 Å². The summed E-state index contributed by atoms with van der Waals surface area (Å²) in [5.41, 5.74) is 0.417. The Bertz CT molecular complexity index is 897. The van der Waals surface area contributed by atoms with Crippen molar-refractivity contribution in [1.29, 1.82) is 0 Å². The Morgan fingerprint density at radius 1 is 1.33 bits per heavy atom. The molecule has 1 unspecified atom stereocenters. The van der Waals surface area contributed by atoms with E-state index in [9.17, 15) is 22.8 Å². The van der Waals surface area contributed by atoms with Gasteiger partial charge in [-0.25, -0.2) is 4.98 Å². The summed E-state index contributed by atoms with van der Waals surface area (Å²) in [5, 5.41) is 2.52. The maximum absolute atomic E-state index is 13.3. The van der Waals surface area contributed by atoms with Crippen molar-refractivity contribution in [2.45, 2.75) is 19.1 Å². The number of alkyl halides is 3. The summed E-state index contributed by atoms with van der Waals surface area (Å²) in [6.07, 6.45) is -3.06. The van der Waals surface area contributed by atoms with Crippen molar-refractivity contribution in [3.05, 3.63) is 40.8 Å². The third kappa shape index (κ3) is 4.45. The molecule has 7 nitrogen and oxygen atoms in total. The molecule has 2 aromatic heterocycles. The summed E-state index contributed by atoms with van der Waals surface area (Å²) >= 11 is 0. The second kappa shape index (κ2) is 7.39. The van der Waals surface area contributed by atoms with E-state index in [4.69, 9.17) is 4.74 Å². The van der Waals surface area contributed by atoms with Crippen molar-refractivity contribution in [3.63, 3.8) is 0 Å². The summed E-state index contributed by atoms with van der Waals surface area (Å²) in [5.74, 6) is 0.0231. The fourth-order valence-corrected chi connectivity index (χ4v) is 2.87. The van der Waals surface area contributed by atoms with Crippen LogP contribution in [0.5, 0.6) is 0 Å². The molecule has 0 spiro atoms. The number of carbonyl (C=O) groups excluding carboxylic acids is 1. The quantitative estimate of drug-likeness (QED) is 0.850. The molecular formula is C17H17F3N4O3. The standard InChI is InChI=1S/C17H17F3N4O3/c1-10(25)22-14-6-11(2-3-21-14)12-7-15(23-16(26)8-12)24-4-5-27-9-13(24)17(18,19)20/h2-3,6-8,13H,4-5,9H2,1H3,(H,23,26)(H,21,22,25). The first-order valence-corrected chi connectivity index (χ1v) is 8.13. The second-order valence-electron chi connectivity index (χ2n) is 6.06. The van der Waals surface area contributed by atoms with Crippen LogP contribution in [0.2, 0.25) is 0 Å². The van der Waals surface area contributed by atoms with Crippen molar-refractivity contribution in [2.24, 2.45) is 0 Å². The number of nitrogens with zero attached hydrogens (tertiary/aromatic N) is 2. The normalized spacial score (nSPS) is 17.6. The molecule has 0 saturated carbocycles. The highest BCUT2D eigenvalue weighted by Gasteiger charge is 2.45. The number of ether oxygens (including phenoxy) is 1. The van der Waals surface area contributed by atoms with Crippen molar-refractivity contribution in [3.8, 4) is 11.1 Å². The molecule has 27 heavy (non-hydrogen) atoms. The van der Waals surface area contributed by atoms with Crippen LogP contribution in [0.4, 0.5) is 24.8 Å². The topological polar surface area (TPSA) is 87.3 Å². The van der Waals surface area contributed by atoms with Gasteiger partial charge in [-0.3, -0.25) is 9.59 Å². The number of carbonyl (C=O) groups is 1. The van der Waals surface area contributed by atoms with Crippen molar-refractivity contribution >= 4 is 17.5 Å². The highest BCUT2D eigenvalue weighted by molar-refractivity contribution is 5.88. The maximum Gasteiger partial charge on any atom is 0.411 e. The van der Waals surface area contributed by atoms with E-state index in [1.807, 2.05) is 0 Å². The average molecular weight is 382 g/mol. The minimum atomic E-state index is -4.50. The minimum Gasteiger partial charge on any atom is -0.377 e. The number of hydrogen-bond donors (Lipinski definition) is 2. The van der Waals surface area contributed by atoms with Crippen LogP contribution >= 0.6 is 0 Å². The van der Waals surface area contributed by atoms with E-state index in [0.717, 1.165) is 4.90 Å². The molecule has 2 aromatic rings. The van der Waals surface area contributed by atoms with Gasteiger partial charge in [0.15, 0.2) is 0 Å². The second-order valence-corrected chi connectivity index (χ2v) is 6.06. The Kier molecular flexibility index (Phi) is 5.17. The Balaban J connectivity index is 2.00. The zero-order valence-corrected chi connectivity index (χ0v) is 14.3. The summed E-state index contributed by atoms with van der Waals surface area (Å²) in [6, 6.07) is 4.05. The van der Waals surface area contributed by atoms with Gasteiger partial charge in [0.2, 0.25) is 11.5 Å². The molecule has 1 aliphatic rings. The van der Waals surface area contributed by atoms with Crippen LogP contribution in [0.1, 0.15) is 6.92 Å². The molecule has 10 heteroatoms. The molecule has 144 valence electrons. The number of nitrogens with one attached hydrogen (secondary N) is 2. The monoisotopic (exact) mass is 382 g/mol. The number of rotatable bonds is 3. The molecule has 1 fully saturated rings. The molecule has 1 saturated heterocycles. The van der Waals surface area contributed by atoms with E-state index < -0.39 is 24.4 Å². The predicted octanol–water partition coefficient (Wildman–Crippen LogP) is 2.16. The van der Waals surface area contributed by atoms with Gasteiger partial charge in [0, 0.05) is 25.7 Å². The average Bonchev–Trinajstić information content (AvgIpc) is 2.60. The fourth-order valence-electron chi connectivity index (χ4n) is 2.87. The molecule has 3 heterocycles. The maximum atomic E-state index is 13.3. The van der Waals surface area contributed by atoms with Gasteiger partial charge in [0.25, 0.3) is 0 Å². The van der Waals surface area contributed by atoms with Crippen LogP contribution in [-0.2, 0) is 9.53 Å². The van der Waals surface area contributed by atoms with Gasteiger partial charge >= 0.3 is 6.18 Å². The van der Waals surface area contributed by atoms with E-state index in [0.29, 0.717) is 11.1 Å². The number of amides is 1.